The molecule has 1 N–H and O–H groups in total. The summed E-state index contributed by atoms with van der Waals surface area (Å²) in [7, 11) is 1.59. The molecule has 0 fully saturated rings. The van der Waals surface area contributed by atoms with Crippen LogP contribution in [-0.4, -0.2) is 33.8 Å². The highest BCUT2D eigenvalue weighted by Crippen LogP contribution is 2.28. The van der Waals surface area contributed by atoms with Crippen molar-refractivity contribution in [1.82, 2.24) is 9.38 Å². The number of carboxylic acid groups (broad SMARTS) is 1. The number of carboxylic acids is 1. The quantitative estimate of drug-likeness (QED) is 0.728. The number of carbonyl (C=O) groups is 1. The number of aromatic nitrogens is 2. The molecule has 0 aliphatic rings. The van der Waals surface area contributed by atoms with Crippen LogP contribution < -0.4 is 4.74 Å². The van der Waals surface area contributed by atoms with E-state index in [0.717, 1.165) is 10.5 Å². The third-order valence-electron chi connectivity index (χ3n) is 3.61. The summed E-state index contributed by atoms with van der Waals surface area (Å²) in [5, 5.41) is 9.23. The van der Waals surface area contributed by atoms with E-state index >= 15 is 0 Å². The molecule has 3 aromatic rings. The van der Waals surface area contributed by atoms with E-state index in [-0.39, 0.29) is 6.42 Å². The molecule has 1 aromatic carbocycles. The maximum Gasteiger partial charge on any atom is 0.309 e. The van der Waals surface area contributed by atoms with Crippen LogP contribution >= 0.6 is 11.8 Å². The molecule has 3 rings (SSSR count). The molecule has 6 heteroatoms. The number of imidazole rings is 1. The van der Waals surface area contributed by atoms with E-state index in [0.29, 0.717) is 22.8 Å². The van der Waals surface area contributed by atoms with Crippen LogP contribution in [0.5, 0.6) is 5.75 Å². The van der Waals surface area contributed by atoms with E-state index in [9.17, 15) is 9.90 Å². The molecule has 5 nitrogen and oxygen atoms in total. The molecule has 23 heavy (non-hydrogen) atoms. The fourth-order valence-electron chi connectivity index (χ4n) is 2.50. The van der Waals surface area contributed by atoms with Crippen LogP contribution in [0.3, 0.4) is 0 Å². The molecule has 2 aromatic heterocycles. The Kier molecular flexibility index (Phi) is 4.25. The number of thioether (sulfide) groups is 1. The van der Waals surface area contributed by atoms with Gasteiger partial charge < -0.3 is 14.2 Å². The van der Waals surface area contributed by atoms with Crippen molar-refractivity contribution >= 4 is 23.4 Å². The molecule has 0 saturated heterocycles. The maximum atomic E-state index is 11.2. The normalized spacial score (nSPS) is 10.9. The lowest BCUT2D eigenvalue weighted by atomic mass is 10.1. The van der Waals surface area contributed by atoms with E-state index < -0.39 is 5.97 Å². The monoisotopic (exact) mass is 328 g/mol. The van der Waals surface area contributed by atoms with E-state index in [2.05, 4.69) is 4.98 Å². The number of benzene rings is 1. The Morgan fingerprint density at radius 1 is 1.30 bits per heavy atom. The zero-order chi connectivity index (χ0) is 16.4. The first kappa shape index (κ1) is 15.4. The SMILES string of the molecule is COc1ccn2c(CC(=O)O)c(-c3ccc(SC)cc3)nc2c1. The zero-order valence-corrected chi connectivity index (χ0v) is 13.6. The highest BCUT2D eigenvalue weighted by atomic mass is 32.2. The lowest BCUT2D eigenvalue weighted by Crippen LogP contribution is -2.04. The van der Waals surface area contributed by atoms with E-state index in [1.165, 1.54) is 0 Å². The molecule has 0 amide bonds. The number of ether oxygens (including phenoxy) is 1. The van der Waals surface area contributed by atoms with Gasteiger partial charge in [-0.3, -0.25) is 4.79 Å². The highest BCUT2D eigenvalue weighted by Gasteiger charge is 2.17. The second-order valence-corrected chi connectivity index (χ2v) is 5.88. The predicted molar refractivity (Wildman–Crippen MR) is 90.3 cm³/mol. The van der Waals surface area contributed by atoms with Crippen molar-refractivity contribution in [2.24, 2.45) is 0 Å². The van der Waals surface area contributed by atoms with Crippen LogP contribution in [0.25, 0.3) is 16.9 Å². The minimum Gasteiger partial charge on any atom is -0.497 e. The molecule has 0 aliphatic heterocycles. The average Bonchev–Trinajstić information content (AvgIpc) is 2.92. The average molecular weight is 328 g/mol. The summed E-state index contributed by atoms with van der Waals surface area (Å²) < 4.78 is 7.02. The van der Waals surface area contributed by atoms with Gasteiger partial charge in [-0.1, -0.05) is 12.1 Å². The van der Waals surface area contributed by atoms with Crippen LogP contribution in [-0.2, 0) is 11.2 Å². The van der Waals surface area contributed by atoms with Gasteiger partial charge in [0.1, 0.15) is 11.4 Å². The van der Waals surface area contributed by atoms with Crippen LogP contribution in [0, 0.1) is 0 Å². The molecule has 0 bridgehead atoms. The molecule has 0 unspecified atom stereocenters. The fraction of sp³-hybridized carbons (Fsp3) is 0.176. The number of methoxy groups -OCH3 is 1. The van der Waals surface area contributed by atoms with Crippen molar-refractivity contribution in [2.75, 3.05) is 13.4 Å². The van der Waals surface area contributed by atoms with Crippen LogP contribution in [0.1, 0.15) is 5.69 Å². The van der Waals surface area contributed by atoms with Gasteiger partial charge in [0.2, 0.25) is 0 Å². The van der Waals surface area contributed by atoms with Crippen LogP contribution in [0.15, 0.2) is 47.5 Å². The minimum absolute atomic E-state index is 0.0902. The van der Waals surface area contributed by atoms with Gasteiger partial charge in [0.25, 0.3) is 0 Å². The third-order valence-corrected chi connectivity index (χ3v) is 4.36. The summed E-state index contributed by atoms with van der Waals surface area (Å²) in [6.45, 7) is 0. The molecule has 0 atom stereocenters. The van der Waals surface area contributed by atoms with Crippen LogP contribution in [0.4, 0.5) is 0 Å². The largest absolute Gasteiger partial charge is 0.497 e. The predicted octanol–water partition coefficient (Wildman–Crippen LogP) is 3.36. The van der Waals surface area contributed by atoms with Gasteiger partial charge in [0, 0.05) is 22.7 Å². The number of nitrogens with zero attached hydrogens (tertiary/aromatic N) is 2. The Hall–Kier alpha value is -2.47. The van der Waals surface area contributed by atoms with E-state index in [4.69, 9.17) is 4.74 Å². The van der Waals surface area contributed by atoms with E-state index in [1.54, 1.807) is 41.6 Å². The highest BCUT2D eigenvalue weighted by molar-refractivity contribution is 7.98. The molecular weight excluding hydrogens is 312 g/mol. The second kappa shape index (κ2) is 6.34. The van der Waals surface area contributed by atoms with Gasteiger partial charge in [-0.2, -0.15) is 0 Å². The van der Waals surface area contributed by atoms with Crippen molar-refractivity contribution in [3.8, 4) is 17.0 Å². The number of fused-ring (bicyclic) bond motifs is 1. The third kappa shape index (κ3) is 3.03. The second-order valence-electron chi connectivity index (χ2n) is 5.00. The van der Waals surface area contributed by atoms with Crippen molar-refractivity contribution in [1.29, 1.82) is 0 Å². The van der Waals surface area contributed by atoms with Crippen LogP contribution in [0.2, 0.25) is 0 Å². The summed E-state index contributed by atoms with van der Waals surface area (Å²) in [5.74, 6) is -0.196. The Morgan fingerprint density at radius 2 is 2.04 bits per heavy atom. The Balaban J connectivity index is 2.18. The molecule has 0 aliphatic carbocycles. The molecule has 0 spiro atoms. The summed E-state index contributed by atoms with van der Waals surface area (Å²) >= 11 is 1.66. The van der Waals surface area contributed by atoms with Gasteiger partial charge >= 0.3 is 5.97 Å². The molecule has 2 heterocycles. The van der Waals surface area contributed by atoms with Crippen molar-refractivity contribution < 1.29 is 14.6 Å². The summed E-state index contributed by atoms with van der Waals surface area (Å²) in [6, 6.07) is 11.5. The first-order valence-electron chi connectivity index (χ1n) is 7.03. The molecule has 0 radical (unpaired) electrons. The lowest BCUT2D eigenvalue weighted by Gasteiger charge is -2.04. The minimum atomic E-state index is -0.885. The maximum absolute atomic E-state index is 11.2. The van der Waals surface area contributed by atoms with Gasteiger partial charge in [0.05, 0.1) is 24.9 Å². The lowest BCUT2D eigenvalue weighted by molar-refractivity contribution is -0.136. The zero-order valence-electron chi connectivity index (χ0n) is 12.8. The number of hydrogen-bond donors (Lipinski definition) is 1. The standard InChI is InChI=1S/C17H16N2O3S/c1-22-12-7-8-19-14(10-16(20)21)17(18-15(19)9-12)11-3-5-13(23-2)6-4-11/h3-9H,10H2,1-2H3,(H,20,21). The summed E-state index contributed by atoms with van der Waals surface area (Å²) in [6.07, 6.45) is 3.72. The Morgan fingerprint density at radius 3 is 2.65 bits per heavy atom. The van der Waals surface area contributed by atoms with Crippen molar-refractivity contribution in [3.05, 3.63) is 48.3 Å². The van der Waals surface area contributed by atoms with Crippen molar-refractivity contribution in [3.63, 3.8) is 0 Å². The fourth-order valence-corrected chi connectivity index (χ4v) is 2.90. The number of pyridine rings is 1. The summed E-state index contributed by atoms with van der Waals surface area (Å²) in [4.78, 5) is 17.0. The van der Waals surface area contributed by atoms with Gasteiger partial charge in [-0.05, 0) is 24.5 Å². The molecular formula is C17H16N2O3S. The van der Waals surface area contributed by atoms with Gasteiger partial charge in [-0.15, -0.1) is 11.8 Å². The molecule has 0 saturated carbocycles. The van der Waals surface area contributed by atoms with Gasteiger partial charge in [0.15, 0.2) is 0 Å². The topological polar surface area (TPSA) is 63.8 Å². The Labute approximate surface area is 137 Å². The summed E-state index contributed by atoms with van der Waals surface area (Å²) in [5.41, 5.74) is 2.92. The Bertz CT molecular complexity index is 856. The van der Waals surface area contributed by atoms with Crippen molar-refractivity contribution in [2.45, 2.75) is 11.3 Å². The van der Waals surface area contributed by atoms with Gasteiger partial charge in [-0.25, -0.2) is 4.98 Å². The number of hydrogen-bond acceptors (Lipinski definition) is 4. The first-order valence-corrected chi connectivity index (χ1v) is 8.26. The smallest absolute Gasteiger partial charge is 0.309 e. The first-order chi connectivity index (χ1) is 11.1. The number of aliphatic carboxylic acids is 1. The molecule has 118 valence electrons. The van der Waals surface area contributed by atoms with E-state index in [1.807, 2.05) is 30.5 Å². The number of rotatable bonds is 5.